The molecule has 1 aromatic heterocycles. The van der Waals surface area contributed by atoms with Crippen molar-refractivity contribution in [3.8, 4) is 11.3 Å². The van der Waals surface area contributed by atoms with Crippen molar-refractivity contribution >= 4 is 23.4 Å². The summed E-state index contributed by atoms with van der Waals surface area (Å²) >= 11 is 1.42. The van der Waals surface area contributed by atoms with Gasteiger partial charge in [-0.15, -0.1) is 0 Å². The van der Waals surface area contributed by atoms with Crippen molar-refractivity contribution in [3.05, 3.63) is 76.0 Å². The molecule has 0 radical (unpaired) electrons. The first-order valence-corrected chi connectivity index (χ1v) is 10.9. The maximum absolute atomic E-state index is 11.5. The van der Waals surface area contributed by atoms with E-state index >= 15 is 0 Å². The molecule has 8 nitrogen and oxygen atoms in total. The number of ether oxygens (including phenoxy) is 1. The van der Waals surface area contributed by atoms with Crippen molar-refractivity contribution in [2.45, 2.75) is 36.4 Å². The summed E-state index contributed by atoms with van der Waals surface area (Å²) in [5, 5.41) is 12.3. The first-order valence-electron chi connectivity index (χ1n) is 9.95. The van der Waals surface area contributed by atoms with Crippen LogP contribution < -0.4 is 5.73 Å². The maximum atomic E-state index is 11.5. The third-order valence-corrected chi connectivity index (χ3v) is 6.26. The molecule has 1 fully saturated rings. The molecule has 2 heterocycles. The van der Waals surface area contributed by atoms with E-state index in [0.29, 0.717) is 17.9 Å². The summed E-state index contributed by atoms with van der Waals surface area (Å²) < 4.78 is 7.95. The molecule has 3 aromatic rings. The molecule has 0 saturated carbocycles. The van der Waals surface area contributed by atoms with Crippen molar-refractivity contribution in [2.75, 3.05) is 6.61 Å². The summed E-state index contributed by atoms with van der Waals surface area (Å²) in [5.41, 5.74) is 7.80. The zero-order chi connectivity index (χ0) is 21.8. The fourth-order valence-electron chi connectivity index (χ4n) is 3.63. The maximum Gasteiger partial charge on any atom is 0.274 e. The van der Waals surface area contributed by atoms with Crippen LogP contribution in [0, 0.1) is 10.1 Å². The molecular weight excluding hydrogens is 416 g/mol. The van der Waals surface area contributed by atoms with Crippen LogP contribution >= 0.6 is 11.8 Å². The number of nitrogens with zero attached hydrogens (tertiary/aromatic N) is 3. The Kier molecular flexibility index (Phi) is 6.34. The number of thioether (sulfide) groups is 1. The topological polar surface area (TPSA) is 113 Å². The Bertz CT molecular complexity index is 1090. The number of amides is 1. The third kappa shape index (κ3) is 4.78. The van der Waals surface area contributed by atoms with Crippen LogP contribution in [-0.4, -0.2) is 33.1 Å². The van der Waals surface area contributed by atoms with Gasteiger partial charge in [0.25, 0.3) is 5.69 Å². The molecule has 2 N–H and O–H groups in total. The van der Waals surface area contributed by atoms with Gasteiger partial charge in [-0.1, -0.05) is 48.2 Å². The van der Waals surface area contributed by atoms with E-state index in [1.807, 2.05) is 36.5 Å². The number of benzene rings is 2. The minimum Gasteiger partial charge on any atom is -0.376 e. The first kappa shape index (κ1) is 21.1. The van der Waals surface area contributed by atoms with Gasteiger partial charge in [-0.05, 0) is 24.5 Å². The Hall–Kier alpha value is -3.17. The summed E-state index contributed by atoms with van der Waals surface area (Å²) in [5.74, 6) is -0.353. The molecule has 1 atom stereocenters. The van der Waals surface area contributed by atoms with Crippen LogP contribution in [0.4, 0.5) is 5.69 Å². The third-order valence-electron chi connectivity index (χ3n) is 5.22. The highest BCUT2D eigenvalue weighted by Crippen LogP contribution is 2.32. The lowest BCUT2D eigenvalue weighted by molar-refractivity contribution is -0.385. The van der Waals surface area contributed by atoms with Crippen molar-refractivity contribution < 1.29 is 14.5 Å². The second kappa shape index (κ2) is 9.32. The average Bonchev–Trinajstić information content (AvgIpc) is 3.43. The van der Waals surface area contributed by atoms with Gasteiger partial charge in [0.05, 0.1) is 29.5 Å². The Balaban J connectivity index is 1.62. The molecule has 0 spiro atoms. The van der Waals surface area contributed by atoms with Crippen LogP contribution in [-0.2, 0) is 17.0 Å². The van der Waals surface area contributed by atoms with E-state index in [2.05, 4.69) is 9.55 Å². The van der Waals surface area contributed by atoms with Gasteiger partial charge in [0.15, 0.2) is 5.16 Å². The molecule has 1 saturated heterocycles. The van der Waals surface area contributed by atoms with Crippen LogP contribution in [0.5, 0.6) is 0 Å². The summed E-state index contributed by atoms with van der Waals surface area (Å²) in [6, 6.07) is 14.3. The molecule has 1 aliphatic heterocycles. The average molecular weight is 439 g/mol. The monoisotopic (exact) mass is 438 g/mol. The van der Waals surface area contributed by atoms with Crippen molar-refractivity contribution in [1.82, 2.24) is 9.55 Å². The molecule has 1 aliphatic rings. The van der Waals surface area contributed by atoms with Crippen LogP contribution in [0.15, 0.2) is 59.9 Å². The SMILES string of the molecule is NC(=O)c1ccc(CSc2ncc(-c3ccccc3)n2CC2CCCO2)c([N+](=O)[O-])c1. The second-order valence-electron chi connectivity index (χ2n) is 7.29. The number of carbonyl (C=O) groups is 1. The lowest BCUT2D eigenvalue weighted by atomic mass is 10.1. The highest BCUT2D eigenvalue weighted by Gasteiger charge is 2.22. The van der Waals surface area contributed by atoms with E-state index in [1.54, 1.807) is 6.07 Å². The quantitative estimate of drug-likeness (QED) is 0.323. The number of rotatable bonds is 8. The van der Waals surface area contributed by atoms with Gasteiger partial charge in [-0.3, -0.25) is 14.9 Å². The summed E-state index contributed by atoms with van der Waals surface area (Å²) in [6.45, 7) is 1.44. The van der Waals surface area contributed by atoms with E-state index < -0.39 is 10.8 Å². The van der Waals surface area contributed by atoms with Crippen molar-refractivity contribution in [3.63, 3.8) is 0 Å². The first-order chi connectivity index (χ1) is 15.0. The fourth-order valence-corrected chi connectivity index (χ4v) is 4.62. The molecule has 0 bridgehead atoms. The van der Waals surface area contributed by atoms with Gasteiger partial charge >= 0.3 is 0 Å². The highest BCUT2D eigenvalue weighted by atomic mass is 32.2. The summed E-state index contributed by atoms with van der Waals surface area (Å²) in [7, 11) is 0. The zero-order valence-corrected chi connectivity index (χ0v) is 17.6. The number of nitro benzene ring substituents is 1. The van der Waals surface area contributed by atoms with Crippen LogP contribution in [0.2, 0.25) is 0 Å². The lowest BCUT2D eigenvalue weighted by Crippen LogP contribution is -2.16. The van der Waals surface area contributed by atoms with Crippen molar-refractivity contribution in [1.29, 1.82) is 0 Å². The predicted octanol–water partition coefficient (Wildman–Crippen LogP) is 4.03. The van der Waals surface area contributed by atoms with Gasteiger partial charge < -0.3 is 15.0 Å². The Morgan fingerprint density at radius 1 is 1.29 bits per heavy atom. The lowest BCUT2D eigenvalue weighted by Gasteiger charge is -2.16. The van der Waals surface area contributed by atoms with E-state index in [1.165, 1.54) is 23.9 Å². The normalized spacial score (nSPS) is 15.8. The fraction of sp³-hybridized carbons (Fsp3) is 0.273. The van der Waals surface area contributed by atoms with Crippen molar-refractivity contribution in [2.24, 2.45) is 5.73 Å². The van der Waals surface area contributed by atoms with Gasteiger partial charge in [-0.25, -0.2) is 4.98 Å². The molecule has 31 heavy (non-hydrogen) atoms. The minimum absolute atomic E-state index is 0.117. The number of primary amides is 1. The largest absolute Gasteiger partial charge is 0.376 e. The number of hydrogen-bond acceptors (Lipinski definition) is 6. The summed E-state index contributed by atoms with van der Waals surface area (Å²) in [6.07, 6.45) is 3.99. The van der Waals surface area contributed by atoms with E-state index in [-0.39, 0.29) is 17.4 Å². The second-order valence-corrected chi connectivity index (χ2v) is 8.23. The highest BCUT2D eigenvalue weighted by molar-refractivity contribution is 7.98. The molecule has 160 valence electrons. The van der Waals surface area contributed by atoms with E-state index in [9.17, 15) is 14.9 Å². The smallest absolute Gasteiger partial charge is 0.274 e. The number of nitrogens with two attached hydrogens (primary N) is 1. The molecule has 1 unspecified atom stereocenters. The summed E-state index contributed by atoms with van der Waals surface area (Å²) in [4.78, 5) is 27.0. The zero-order valence-electron chi connectivity index (χ0n) is 16.8. The Labute approximate surface area is 183 Å². The Morgan fingerprint density at radius 3 is 2.77 bits per heavy atom. The Morgan fingerprint density at radius 2 is 2.10 bits per heavy atom. The number of nitro groups is 1. The number of aromatic nitrogens is 2. The van der Waals surface area contributed by atoms with Gasteiger partial charge in [0, 0.05) is 29.6 Å². The number of hydrogen-bond donors (Lipinski definition) is 1. The van der Waals surface area contributed by atoms with Gasteiger partial charge in [0.2, 0.25) is 5.91 Å². The van der Waals surface area contributed by atoms with Crippen LogP contribution in [0.3, 0.4) is 0 Å². The minimum atomic E-state index is -0.693. The predicted molar refractivity (Wildman–Crippen MR) is 118 cm³/mol. The molecule has 4 rings (SSSR count). The number of imidazole rings is 1. The van der Waals surface area contributed by atoms with Crippen LogP contribution in [0.1, 0.15) is 28.8 Å². The molecule has 9 heteroatoms. The van der Waals surface area contributed by atoms with Gasteiger partial charge in [0.1, 0.15) is 0 Å². The molecule has 1 amide bonds. The number of carbonyl (C=O) groups excluding carboxylic acids is 1. The molecular formula is C22H22N4O4S. The van der Waals surface area contributed by atoms with E-state index in [4.69, 9.17) is 10.5 Å². The standard InChI is InChI=1S/C22H22N4O4S/c23-21(27)16-8-9-17(19(11-16)26(28)29)14-31-22-24-12-20(15-5-2-1-3-6-15)25(22)13-18-7-4-10-30-18/h1-3,5-6,8-9,11-12,18H,4,7,10,13-14H2,(H2,23,27). The van der Waals surface area contributed by atoms with E-state index in [0.717, 1.165) is 35.9 Å². The van der Waals surface area contributed by atoms with Crippen LogP contribution in [0.25, 0.3) is 11.3 Å². The molecule has 2 aromatic carbocycles. The molecule has 0 aliphatic carbocycles. The van der Waals surface area contributed by atoms with Gasteiger partial charge in [-0.2, -0.15) is 0 Å².